The van der Waals surface area contributed by atoms with Crippen LogP contribution in [0.15, 0.2) is 158 Å². The van der Waals surface area contributed by atoms with Crippen molar-refractivity contribution in [2.24, 2.45) is 0 Å². The van der Waals surface area contributed by atoms with Crippen molar-refractivity contribution in [3.05, 3.63) is 158 Å². The summed E-state index contributed by atoms with van der Waals surface area (Å²) in [5.74, 6) is 0. The molecular weight excluding hydrogens is 587 g/mol. The molecule has 0 saturated heterocycles. The van der Waals surface area contributed by atoms with Gasteiger partial charge in [0.2, 0.25) is 0 Å². The van der Waals surface area contributed by atoms with E-state index in [1.54, 1.807) is 0 Å². The quantitative estimate of drug-likeness (QED) is 0.207. The predicted octanol–water partition coefficient (Wildman–Crippen LogP) is 4.92. The van der Waals surface area contributed by atoms with Crippen molar-refractivity contribution in [3.63, 3.8) is 0 Å². The molecular formula is C36H27NP2Se. The summed E-state index contributed by atoms with van der Waals surface area (Å²) in [6.07, 6.45) is 0. The molecule has 40 heavy (non-hydrogen) atoms. The Kier molecular flexibility index (Phi) is 7.35. The first-order chi connectivity index (χ1) is 19.9. The molecule has 4 heteroatoms. The van der Waals surface area contributed by atoms with Gasteiger partial charge in [-0.2, -0.15) is 0 Å². The minimum atomic E-state index is -0.682. The van der Waals surface area contributed by atoms with Crippen LogP contribution in [0.25, 0.3) is 0 Å². The van der Waals surface area contributed by atoms with Gasteiger partial charge < -0.3 is 0 Å². The van der Waals surface area contributed by atoms with Crippen LogP contribution in [-0.4, -0.2) is 15.0 Å². The van der Waals surface area contributed by atoms with Gasteiger partial charge in [-0.25, -0.2) is 0 Å². The van der Waals surface area contributed by atoms with Gasteiger partial charge in [0, 0.05) is 0 Å². The van der Waals surface area contributed by atoms with Gasteiger partial charge in [-0.3, -0.25) is 0 Å². The number of hydrogen-bond acceptors (Lipinski definition) is 1. The number of hydrogen-bond donors (Lipinski definition) is 1. The van der Waals surface area contributed by atoms with Crippen LogP contribution < -0.4 is 46.1 Å². The molecule has 1 N–H and O–H groups in total. The molecule has 0 spiro atoms. The summed E-state index contributed by atoms with van der Waals surface area (Å²) in [6, 6.07) is 58.0. The van der Waals surface area contributed by atoms with Gasteiger partial charge in [0.05, 0.1) is 0 Å². The van der Waals surface area contributed by atoms with Crippen LogP contribution in [0.2, 0.25) is 0 Å². The molecule has 1 nitrogen and oxygen atoms in total. The molecule has 192 valence electrons. The monoisotopic (exact) mass is 615 g/mol. The number of rotatable bonds is 6. The van der Waals surface area contributed by atoms with Crippen LogP contribution in [0.5, 0.6) is 0 Å². The van der Waals surface area contributed by atoms with E-state index in [9.17, 15) is 0 Å². The minimum absolute atomic E-state index is 0.150. The SMILES string of the molecule is c1ccc(P(c2ccccc2)c2cccc3c2[Se]c2c(cccc2P(c2ccccc2)c2ccccc2)N3)cc1. The number of fused-ring (bicyclic) bond motifs is 2. The van der Waals surface area contributed by atoms with E-state index in [1.807, 2.05) is 0 Å². The molecule has 0 amide bonds. The number of nitrogens with one attached hydrogen (secondary N) is 1. The number of anilines is 2. The van der Waals surface area contributed by atoms with Crippen molar-refractivity contribution in [2.45, 2.75) is 0 Å². The summed E-state index contributed by atoms with van der Waals surface area (Å²) in [5, 5.41) is 12.4. The van der Waals surface area contributed by atoms with Crippen molar-refractivity contribution < 1.29 is 0 Å². The molecule has 1 aliphatic heterocycles. The molecule has 0 unspecified atom stereocenters. The van der Waals surface area contributed by atoms with E-state index >= 15 is 0 Å². The number of benzene rings is 6. The van der Waals surface area contributed by atoms with Crippen LogP contribution in [0, 0.1) is 0 Å². The Balaban J connectivity index is 1.39. The summed E-state index contributed by atoms with van der Waals surface area (Å²) < 4.78 is 2.95. The molecule has 0 atom stereocenters. The Morgan fingerprint density at radius 3 is 1.00 bits per heavy atom. The summed E-state index contributed by atoms with van der Waals surface area (Å²) in [7, 11) is -1.36. The van der Waals surface area contributed by atoms with E-state index in [-0.39, 0.29) is 15.0 Å². The van der Waals surface area contributed by atoms with Crippen molar-refractivity contribution >= 4 is 82.9 Å². The maximum absolute atomic E-state index is 3.87. The van der Waals surface area contributed by atoms with Crippen molar-refractivity contribution in [3.8, 4) is 0 Å². The standard InChI is InChI=1S/C36H27NP2Se/c1-5-15-27(16-6-1)38(28-17-7-2-8-18-28)33-25-13-23-31-35(33)40-36-32(37-31)24-14-26-34(36)39(29-19-9-3-10-20-29)30-21-11-4-12-22-30/h1-26,37H. The van der Waals surface area contributed by atoms with E-state index in [0.29, 0.717) is 0 Å². The fourth-order valence-electron chi connectivity index (χ4n) is 5.22. The Hall–Kier alpha value is -3.50. The molecule has 7 rings (SSSR count). The zero-order valence-electron chi connectivity index (χ0n) is 21.8. The molecule has 0 fully saturated rings. The Bertz CT molecular complexity index is 1530. The van der Waals surface area contributed by atoms with E-state index in [0.717, 1.165) is 0 Å². The Morgan fingerprint density at radius 2 is 0.675 bits per heavy atom. The average molecular weight is 615 g/mol. The first kappa shape index (κ1) is 25.5. The fraction of sp³-hybridized carbons (Fsp3) is 0. The molecule has 0 saturated carbocycles. The summed E-state index contributed by atoms with van der Waals surface area (Å²) in [5.41, 5.74) is 2.51. The third kappa shape index (κ3) is 4.94. The fourth-order valence-corrected chi connectivity index (χ4v) is 13.7. The van der Waals surface area contributed by atoms with Gasteiger partial charge in [-0.05, 0) is 0 Å². The second kappa shape index (κ2) is 11.5. The second-order valence-corrected chi connectivity index (χ2v) is 16.1. The van der Waals surface area contributed by atoms with Gasteiger partial charge in [0.1, 0.15) is 0 Å². The predicted molar refractivity (Wildman–Crippen MR) is 179 cm³/mol. The molecule has 6 aromatic carbocycles. The van der Waals surface area contributed by atoms with E-state index < -0.39 is 15.8 Å². The van der Waals surface area contributed by atoms with Crippen LogP contribution in [0.4, 0.5) is 11.4 Å². The Morgan fingerprint density at radius 1 is 0.350 bits per heavy atom. The third-order valence-electron chi connectivity index (χ3n) is 7.00. The van der Waals surface area contributed by atoms with E-state index in [4.69, 9.17) is 0 Å². The van der Waals surface area contributed by atoms with Crippen LogP contribution >= 0.6 is 15.8 Å². The zero-order valence-corrected chi connectivity index (χ0v) is 25.3. The van der Waals surface area contributed by atoms with Crippen molar-refractivity contribution in [1.29, 1.82) is 0 Å². The van der Waals surface area contributed by atoms with Gasteiger partial charge in [-0.15, -0.1) is 0 Å². The van der Waals surface area contributed by atoms with E-state index in [2.05, 4.69) is 163 Å². The normalized spacial score (nSPS) is 12.1. The molecule has 0 radical (unpaired) electrons. The molecule has 6 aromatic rings. The maximum atomic E-state index is 3.87. The summed E-state index contributed by atoms with van der Waals surface area (Å²) in [4.78, 5) is 0. The van der Waals surface area contributed by atoms with Gasteiger partial charge >= 0.3 is 246 Å². The van der Waals surface area contributed by atoms with Crippen LogP contribution in [-0.2, 0) is 0 Å². The zero-order chi connectivity index (χ0) is 26.7. The first-order valence-corrected chi connectivity index (χ1v) is 17.8. The van der Waals surface area contributed by atoms with Crippen molar-refractivity contribution in [2.75, 3.05) is 5.32 Å². The summed E-state index contributed by atoms with van der Waals surface area (Å²) in [6.45, 7) is 0. The molecule has 0 aromatic heterocycles. The average Bonchev–Trinajstić information content (AvgIpc) is 3.03. The molecule has 0 aliphatic carbocycles. The topological polar surface area (TPSA) is 12.0 Å². The van der Waals surface area contributed by atoms with Crippen LogP contribution in [0.3, 0.4) is 0 Å². The van der Waals surface area contributed by atoms with Crippen LogP contribution in [0.1, 0.15) is 0 Å². The molecule has 1 aliphatic rings. The van der Waals surface area contributed by atoms with Gasteiger partial charge in [-0.1, -0.05) is 0 Å². The van der Waals surface area contributed by atoms with E-state index in [1.165, 1.54) is 52.1 Å². The van der Waals surface area contributed by atoms with Crippen molar-refractivity contribution in [1.82, 2.24) is 0 Å². The Labute approximate surface area is 245 Å². The molecule has 0 bridgehead atoms. The summed E-state index contributed by atoms with van der Waals surface area (Å²) >= 11 is 0.150. The van der Waals surface area contributed by atoms with Gasteiger partial charge in [0.15, 0.2) is 0 Å². The molecule has 1 heterocycles. The first-order valence-electron chi connectivity index (χ1n) is 13.4. The van der Waals surface area contributed by atoms with Gasteiger partial charge in [0.25, 0.3) is 0 Å². The third-order valence-corrected chi connectivity index (χ3v) is 15.4. The second-order valence-electron chi connectivity index (χ2n) is 9.55.